The van der Waals surface area contributed by atoms with E-state index in [0.717, 1.165) is 57.1 Å². The number of hydrogen-bond donors (Lipinski definition) is 0. The van der Waals surface area contributed by atoms with Crippen LogP contribution < -0.4 is 5.56 Å². The number of carbonyl (C=O) groups excluding carboxylic acids is 1. The number of nitrogens with zero attached hydrogens (tertiary/aromatic N) is 3. The molecule has 0 bridgehead atoms. The molecule has 1 amide bonds. The first kappa shape index (κ1) is 19.5. The molecule has 1 aromatic heterocycles. The van der Waals surface area contributed by atoms with Crippen molar-refractivity contribution in [3.8, 4) is 0 Å². The highest BCUT2D eigenvalue weighted by Gasteiger charge is 2.24. The van der Waals surface area contributed by atoms with E-state index in [1.54, 1.807) is 0 Å². The highest BCUT2D eigenvalue weighted by atomic mass is 32.2. The first-order chi connectivity index (χ1) is 13.7. The largest absolute Gasteiger partial charge is 0.342 e. The maximum absolute atomic E-state index is 13.2. The molecule has 1 aliphatic heterocycles. The average molecular weight is 400 g/mol. The zero-order chi connectivity index (χ0) is 19.3. The Hall–Kier alpha value is -1.82. The Morgan fingerprint density at radius 1 is 1.00 bits per heavy atom. The van der Waals surface area contributed by atoms with Gasteiger partial charge in [-0.2, -0.15) is 0 Å². The van der Waals surface area contributed by atoms with E-state index in [9.17, 15) is 9.59 Å². The Balaban J connectivity index is 1.57. The number of aromatic nitrogens is 2. The van der Waals surface area contributed by atoms with Crippen molar-refractivity contribution in [2.75, 3.05) is 18.8 Å². The van der Waals surface area contributed by atoms with E-state index >= 15 is 0 Å². The number of hydrogen-bond acceptors (Lipinski definition) is 4. The fourth-order valence-corrected chi connectivity index (χ4v) is 5.40. The number of para-hydroxylation sites is 1. The monoisotopic (exact) mass is 399 g/mol. The highest BCUT2D eigenvalue weighted by molar-refractivity contribution is 7.99. The van der Waals surface area contributed by atoms with Crippen LogP contribution in [0.4, 0.5) is 0 Å². The number of likely N-dealkylation sites (tertiary alicyclic amines) is 1. The molecule has 2 aromatic rings. The van der Waals surface area contributed by atoms with Crippen molar-refractivity contribution in [2.45, 2.75) is 69.0 Å². The van der Waals surface area contributed by atoms with Crippen molar-refractivity contribution in [3.63, 3.8) is 0 Å². The molecule has 0 N–H and O–H groups in total. The lowest BCUT2D eigenvalue weighted by molar-refractivity contribution is -0.128. The standard InChI is InChI=1S/C22H29N3O2S/c26-20(24-14-8-2-1-3-9-15-24)16-28-22-23-19-13-7-6-12-18(19)21(27)25(22)17-10-4-5-11-17/h6-7,12-13,17H,1-5,8-11,14-16H2. The lowest BCUT2D eigenvalue weighted by Gasteiger charge is -2.25. The van der Waals surface area contributed by atoms with E-state index < -0.39 is 0 Å². The van der Waals surface area contributed by atoms with Crippen LogP contribution in [0.25, 0.3) is 10.9 Å². The van der Waals surface area contributed by atoms with E-state index in [0.29, 0.717) is 16.3 Å². The summed E-state index contributed by atoms with van der Waals surface area (Å²) in [7, 11) is 0. The summed E-state index contributed by atoms with van der Waals surface area (Å²) in [5.74, 6) is 0.532. The van der Waals surface area contributed by atoms with Crippen LogP contribution in [-0.2, 0) is 4.79 Å². The van der Waals surface area contributed by atoms with Gasteiger partial charge in [0.1, 0.15) is 0 Å². The van der Waals surface area contributed by atoms with E-state index in [4.69, 9.17) is 4.98 Å². The first-order valence-electron chi connectivity index (χ1n) is 10.7. The summed E-state index contributed by atoms with van der Waals surface area (Å²) in [5, 5.41) is 1.38. The minimum Gasteiger partial charge on any atom is -0.342 e. The van der Waals surface area contributed by atoms with Gasteiger partial charge in [-0.05, 0) is 37.8 Å². The van der Waals surface area contributed by atoms with Gasteiger partial charge in [0.2, 0.25) is 5.91 Å². The molecule has 1 saturated heterocycles. The van der Waals surface area contributed by atoms with Crippen molar-refractivity contribution >= 4 is 28.6 Å². The average Bonchev–Trinajstić information content (AvgIpc) is 3.20. The molecule has 4 rings (SSSR count). The summed E-state index contributed by atoms with van der Waals surface area (Å²) < 4.78 is 1.88. The van der Waals surface area contributed by atoms with Crippen molar-refractivity contribution < 1.29 is 4.79 Å². The lowest BCUT2D eigenvalue weighted by atomic mass is 10.1. The minimum atomic E-state index is 0.0405. The Labute approximate surface area is 170 Å². The van der Waals surface area contributed by atoms with Gasteiger partial charge >= 0.3 is 0 Å². The molecule has 1 saturated carbocycles. The van der Waals surface area contributed by atoms with Crippen LogP contribution in [0.2, 0.25) is 0 Å². The SMILES string of the molecule is O=C(CSc1nc2ccccc2c(=O)n1C1CCCC1)N1CCCCCCC1. The van der Waals surface area contributed by atoms with Gasteiger partial charge in [0, 0.05) is 19.1 Å². The molecule has 6 heteroatoms. The van der Waals surface area contributed by atoms with Crippen LogP contribution in [0.1, 0.15) is 63.8 Å². The molecule has 0 spiro atoms. The van der Waals surface area contributed by atoms with Crippen molar-refractivity contribution in [1.29, 1.82) is 0 Å². The van der Waals surface area contributed by atoms with Gasteiger partial charge in [-0.25, -0.2) is 4.98 Å². The molecule has 2 aliphatic rings. The van der Waals surface area contributed by atoms with Crippen molar-refractivity contribution in [3.05, 3.63) is 34.6 Å². The van der Waals surface area contributed by atoms with Gasteiger partial charge in [-0.3, -0.25) is 14.2 Å². The Morgan fingerprint density at radius 3 is 2.43 bits per heavy atom. The summed E-state index contributed by atoms with van der Waals surface area (Å²) in [6, 6.07) is 7.76. The molecule has 5 nitrogen and oxygen atoms in total. The maximum atomic E-state index is 13.2. The fourth-order valence-electron chi connectivity index (χ4n) is 4.43. The molecule has 28 heavy (non-hydrogen) atoms. The maximum Gasteiger partial charge on any atom is 0.262 e. The molecular weight excluding hydrogens is 370 g/mol. The first-order valence-corrected chi connectivity index (χ1v) is 11.6. The number of benzene rings is 1. The van der Waals surface area contributed by atoms with Crippen LogP contribution in [0.5, 0.6) is 0 Å². The van der Waals surface area contributed by atoms with Crippen LogP contribution >= 0.6 is 11.8 Å². The zero-order valence-corrected chi connectivity index (χ0v) is 17.3. The van der Waals surface area contributed by atoms with Crippen LogP contribution in [0, 0.1) is 0 Å². The molecule has 1 aliphatic carbocycles. The number of carbonyl (C=O) groups is 1. The molecule has 1 aromatic carbocycles. The van der Waals surface area contributed by atoms with E-state index in [-0.39, 0.29) is 17.5 Å². The summed E-state index contributed by atoms with van der Waals surface area (Å²) >= 11 is 1.44. The van der Waals surface area contributed by atoms with Gasteiger partial charge in [0.05, 0.1) is 16.7 Å². The van der Waals surface area contributed by atoms with Gasteiger partial charge in [0.15, 0.2) is 5.16 Å². The second-order valence-electron chi connectivity index (χ2n) is 7.96. The number of fused-ring (bicyclic) bond motifs is 1. The zero-order valence-electron chi connectivity index (χ0n) is 16.4. The predicted molar refractivity (Wildman–Crippen MR) is 114 cm³/mol. The Kier molecular flexibility index (Phi) is 6.35. The highest BCUT2D eigenvalue weighted by Crippen LogP contribution is 2.32. The quantitative estimate of drug-likeness (QED) is 0.565. The van der Waals surface area contributed by atoms with Crippen molar-refractivity contribution in [2.24, 2.45) is 0 Å². The molecular formula is C22H29N3O2S. The molecule has 150 valence electrons. The minimum absolute atomic E-state index is 0.0405. The second-order valence-corrected chi connectivity index (χ2v) is 8.90. The third-order valence-corrected chi connectivity index (χ3v) is 6.94. The van der Waals surface area contributed by atoms with E-state index in [1.807, 2.05) is 33.7 Å². The smallest absolute Gasteiger partial charge is 0.262 e. The van der Waals surface area contributed by atoms with Crippen molar-refractivity contribution in [1.82, 2.24) is 14.5 Å². The normalized spacial score (nSPS) is 18.9. The molecule has 0 radical (unpaired) electrons. The molecule has 0 unspecified atom stereocenters. The number of amides is 1. The predicted octanol–water partition coefficient (Wildman–Crippen LogP) is 4.40. The van der Waals surface area contributed by atoms with Crippen LogP contribution in [-0.4, -0.2) is 39.2 Å². The number of rotatable bonds is 4. The van der Waals surface area contributed by atoms with Gasteiger partial charge in [0.25, 0.3) is 5.56 Å². The third-order valence-electron chi connectivity index (χ3n) is 6.00. The van der Waals surface area contributed by atoms with E-state index in [1.165, 1.54) is 31.0 Å². The molecule has 2 fully saturated rings. The van der Waals surface area contributed by atoms with Crippen LogP contribution in [0.3, 0.4) is 0 Å². The Bertz CT molecular complexity index is 881. The summed E-state index contributed by atoms with van der Waals surface area (Å²) in [4.78, 5) is 32.8. The fraction of sp³-hybridized carbons (Fsp3) is 0.591. The Morgan fingerprint density at radius 2 is 1.68 bits per heavy atom. The third kappa shape index (κ3) is 4.27. The second kappa shape index (κ2) is 9.12. The van der Waals surface area contributed by atoms with Gasteiger partial charge in [-0.15, -0.1) is 0 Å². The molecule has 0 atom stereocenters. The molecule has 2 heterocycles. The van der Waals surface area contributed by atoms with Gasteiger partial charge < -0.3 is 4.90 Å². The van der Waals surface area contributed by atoms with E-state index in [2.05, 4.69) is 0 Å². The van der Waals surface area contributed by atoms with Crippen LogP contribution in [0.15, 0.2) is 34.2 Å². The summed E-state index contributed by atoms with van der Waals surface area (Å²) in [5.41, 5.74) is 0.765. The lowest BCUT2D eigenvalue weighted by Crippen LogP contribution is -2.35. The summed E-state index contributed by atoms with van der Waals surface area (Å²) in [6.45, 7) is 1.72. The topological polar surface area (TPSA) is 55.2 Å². The summed E-state index contributed by atoms with van der Waals surface area (Å²) in [6.07, 6.45) is 10.2. The number of thioether (sulfide) groups is 1. The van der Waals surface area contributed by atoms with Gasteiger partial charge in [-0.1, -0.05) is 56.0 Å².